The summed E-state index contributed by atoms with van der Waals surface area (Å²) in [6.07, 6.45) is 0.156. The number of hydrogen-bond acceptors (Lipinski definition) is 3. The lowest BCUT2D eigenvalue weighted by atomic mass is 10.1. The van der Waals surface area contributed by atoms with Gasteiger partial charge in [0.05, 0.1) is 11.7 Å². The fourth-order valence-electron chi connectivity index (χ4n) is 2.03. The van der Waals surface area contributed by atoms with E-state index in [1.807, 2.05) is 0 Å². The number of nitrogens with zero attached hydrogens (tertiary/aromatic N) is 1. The Kier molecular flexibility index (Phi) is 4.01. The quantitative estimate of drug-likeness (QED) is 0.748. The molecule has 1 aliphatic rings. The summed E-state index contributed by atoms with van der Waals surface area (Å²) in [6, 6.07) is 6.19. The summed E-state index contributed by atoms with van der Waals surface area (Å²) in [7, 11) is 0. The first-order chi connectivity index (χ1) is 9.06. The molecule has 19 heavy (non-hydrogen) atoms. The molecule has 2 rings (SSSR count). The summed E-state index contributed by atoms with van der Waals surface area (Å²) in [6.45, 7) is 1.16. The van der Waals surface area contributed by atoms with E-state index in [1.54, 1.807) is 17.0 Å². The second-order valence-corrected chi connectivity index (χ2v) is 4.55. The van der Waals surface area contributed by atoms with Crippen LogP contribution in [-0.4, -0.2) is 46.3 Å². The lowest BCUT2D eigenvalue weighted by Gasteiger charge is -2.16. The third-order valence-electron chi connectivity index (χ3n) is 3.07. The summed E-state index contributed by atoms with van der Waals surface area (Å²) in [5.41, 5.74) is 0.927. The van der Waals surface area contributed by atoms with Gasteiger partial charge in [-0.2, -0.15) is 0 Å². The summed E-state index contributed by atoms with van der Waals surface area (Å²) >= 11 is 0. The fraction of sp³-hybridized carbons (Fsp3) is 0.385. The molecule has 1 atom stereocenters. The molecule has 102 valence electrons. The van der Waals surface area contributed by atoms with Crippen LogP contribution in [0.4, 0.5) is 4.79 Å². The summed E-state index contributed by atoms with van der Waals surface area (Å²) in [5, 5.41) is 20.9. The van der Waals surface area contributed by atoms with Gasteiger partial charge in [-0.1, -0.05) is 12.1 Å². The summed E-state index contributed by atoms with van der Waals surface area (Å²) < 4.78 is 0. The highest BCUT2D eigenvalue weighted by atomic mass is 16.4. The Morgan fingerprint density at radius 1 is 1.42 bits per heavy atom. The molecular formula is C13H16N2O4. The minimum Gasteiger partial charge on any atom is -0.478 e. The average Bonchev–Trinajstić information content (AvgIpc) is 2.83. The van der Waals surface area contributed by atoms with Crippen LogP contribution >= 0.6 is 0 Å². The topological polar surface area (TPSA) is 89.9 Å². The van der Waals surface area contributed by atoms with Crippen molar-refractivity contribution in [2.45, 2.75) is 19.1 Å². The number of aliphatic hydroxyl groups excluding tert-OH is 1. The van der Waals surface area contributed by atoms with E-state index in [-0.39, 0.29) is 18.1 Å². The Bertz CT molecular complexity index is 489. The van der Waals surface area contributed by atoms with Crippen molar-refractivity contribution >= 4 is 12.0 Å². The molecule has 1 aromatic carbocycles. The molecule has 0 aliphatic carbocycles. The van der Waals surface area contributed by atoms with Gasteiger partial charge in [0.15, 0.2) is 0 Å². The third-order valence-corrected chi connectivity index (χ3v) is 3.07. The number of carbonyl (C=O) groups is 2. The van der Waals surface area contributed by atoms with Gasteiger partial charge in [0.25, 0.3) is 0 Å². The largest absolute Gasteiger partial charge is 0.478 e. The minimum atomic E-state index is -0.990. The second kappa shape index (κ2) is 5.71. The molecule has 1 unspecified atom stereocenters. The maximum absolute atomic E-state index is 11.8. The van der Waals surface area contributed by atoms with E-state index in [9.17, 15) is 14.7 Å². The van der Waals surface area contributed by atoms with Gasteiger partial charge in [-0.05, 0) is 24.1 Å². The molecule has 0 radical (unpaired) electrons. The molecule has 1 fully saturated rings. The van der Waals surface area contributed by atoms with Gasteiger partial charge in [0, 0.05) is 19.6 Å². The SMILES string of the molecule is O=C(O)c1cccc(CNC(=O)N2CCC(O)C2)c1. The van der Waals surface area contributed by atoms with Crippen LogP contribution in [0.2, 0.25) is 0 Å². The van der Waals surface area contributed by atoms with Gasteiger partial charge >= 0.3 is 12.0 Å². The smallest absolute Gasteiger partial charge is 0.335 e. The van der Waals surface area contributed by atoms with Crippen molar-refractivity contribution in [3.05, 3.63) is 35.4 Å². The van der Waals surface area contributed by atoms with Gasteiger partial charge in [-0.15, -0.1) is 0 Å². The number of urea groups is 1. The van der Waals surface area contributed by atoms with Crippen LogP contribution in [0.1, 0.15) is 22.3 Å². The molecule has 1 heterocycles. The standard InChI is InChI=1S/C13H16N2O4/c16-11-4-5-15(8-11)13(19)14-7-9-2-1-3-10(6-9)12(17)18/h1-3,6,11,16H,4-5,7-8H2,(H,14,19)(H,17,18). The van der Waals surface area contributed by atoms with Crippen molar-refractivity contribution in [2.75, 3.05) is 13.1 Å². The van der Waals surface area contributed by atoms with Crippen LogP contribution in [0.25, 0.3) is 0 Å². The number of aliphatic hydroxyl groups is 1. The number of likely N-dealkylation sites (tertiary alicyclic amines) is 1. The number of rotatable bonds is 3. The van der Waals surface area contributed by atoms with Crippen molar-refractivity contribution in [1.82, 2.24) is 10.2 Å². The predicted octanol–water partition coefficient (Wildman–Crippen LogP) is 0.661. The Morgan fingerprint density at radius 3 is 2.84 bits per heavy atom. The molecule has 0 spiro atoms. The first-order valence-electron chi connectivity index (χ1n) is 6.09. The molecular weight excluding hydrogens is 248 g/mol. The number of carbonyl (C=O) groups excluding carboxylic acids is 1. The van der Waals surface area contributed by atoms with E-state index < -0.39 is 12.1 Å². The number of hydrogen-bond donors (Lipinski definition) is 3. The summed E-state index contributed by atoms with van der Waals surface area (Å²) in [5.74, 6) is -0.990. The number of carboxylic acid groups (broad SMARTS) is 1. The number of benzene rings is 1. The predicted molar refractivity (Wildman–Crippen MR) is 67.8 cm³/mol. The molecule has 2 amide bonds. The van der Waals surface area contributed by atoms with Crippen LogP contribution in [0.3, 0.4) is 0 Å². The van der Waals surface area contributed by atoms with Gasteiger partial charge in [0.2, 0.25) is 0 Å². The first-order valence-corrected chi connectivity index (χ1v) is 6.09. The Hall–Kier alpha value is -2.08. The van der Waals surface area contributed by atoms with E-state index in [1.165, 1.54) is 12.1 Å². The lowest BCUT2D eigenvalue weighted by molar-refractivity contribution is 0.0696. The zero-order valence-corrected chi connectivity index (χ0v) is 10.4. The average molecular weight is 264 g/mol. The minimum absolute atomic E-state index is 0.198. The van der Waals surface area contributed by atoms with E-state index in [4.69, 9.17) is 5.11 Å². The molecule has 1 aliphatic heterocycles. The van der Waals surface area contributed by atoms with Crippen LogP contribution in [0.15, 0.2) is 24.3 Å². The fourth-order valence-corrected chi connectivity index (χ4v) is 2.03. The molecule has 1 aromatic rings. The molecule has 6 heteroatoms. The Balaban J connectivity index is 1.90. The van der Waals surface area contributed by atoms with E-state index >= 15 is 0 Å². The van der Waals surface area contributed by atoms with E-state index in [0.717, 1.165) is 5.56 Å². The van der Waals surface area contributed by atoms with Gasteiger partial charge in [-0.3, -0.25) is 0 Å². The van der Waals surface area contributed by atoms with Crippen LogP contribution in [-0.2, 0) is 6.54 Å². The number of carboxylic acids is 1. The number of aromatic carboxylic acids is 1. The zero-order chi connectivity index (χ0) is 13.8. The third kappa shape index (κ3) is 3.45. The molecule has 3 N–H and O–H groups in total. The molecule has 0 aromatic heterocycles. The molecule has 6 nitrogen and oxygen atoms in total. The van der Waals surface area contributed by atoms with Crippen LogP contribution < -0.4 is 5.32 Å². The van der Waals surface area contributed by atoms with Crippen molar-refractivity contribution < 1.29 is 19.8 Å². The highest BCUT2D eigenvalue weighted by Gasteiger charge is 2.24. The van der Waals surface area contributed by atoms with Crippen molar-refractivity contribution in [1.29, 1.82) is 0 Å². The zero-order valence-electron chi connectivity index (χ0n) is 10.4. The molecule has 0 bridgehead atoms. The molecule has 1 saturated heterocycles. The second-order valence-electron chi connectivity index (χ2n) is 4.55. The van der Waals surface area contributed by atoms with E-state index in [2.05, 4.69) is 5.32 Å². The normalized spacial score (nSPS) is 18.4. The number of amides is 2. The number of β-amino-alcohol motifs (C(OH)–C–C–N with tert-alkyl or cyclic N) is 1. The highest BCUT2D eigenvalue weighted by Crippen LogP contribution is 2.09. The highest BCUT2D eigenvalue weighted by molar-refractivity contribution is 5.87. The number of nitrogens with one attached hydrogen (secondary N) is 1. The van der Waals surface area contributed by atoms with Crippen LogP contribution in [0.5, 0.6) is 0 Å². The maximum atomic E-state index is 11.8. The lowest BCUT2D eigenvalue weighted by Crippen LogP contribution is -2.38. The van der Waals surface area contributed by atoms with Gasteiger partial charge < -0.3 is 20.4 Å². The maximum Gasteiger partial charge on any atom is 0.335 e. The molecule has 0 saturated carbocycles. The first kappa shape index (κ1) is 13.4. The van der Waals surface area contributed by atoms with Crippen molar-refractivity contribution in [2.24, 2.45) is 0 Å². The Morgan fingerprint density at radius 2 is 2.21 bits per heavy atom. The van der Waals surface area contributed by atoms with Gasteiger partial charge in [0.1, 0.15) is 0 Å². The van der Waals surface area contributed by atoms with Gasteiger partial charge in [-0.25, -0.2) is 9.59 Å². The van der Waals surface area contributed by atoms with Crippen molar-refractivity contribution in [3.8, 4) is 0 Å². The summed E-state index contributed by atoms with van der Waals surface area (Å²) in [4.78, 5) is 24.1. The monoisotopic (exact) mass is 264 g/mol. The van der Waals surface area contributed by atoms with E-state index in [0.29, 0.717) is 19.5 Å². The van der Waals surface area contributed by atoms with Crippen molar-refractivity contribution in [3.63, 3.8) is 0 Å². The van der Waals surface area contributed by atoms with Crippen LogP contribution in [0, 0.1) is 0 Å². The Labute approximate surface area is 110 Å².